The summed E-state index contributed by atoms with van der Waals surface area (Å²) in [5.74, 6) is -0.302. The minimum Gasteiger partial charge on any atom is -0.461 e. The van der Waals surface area contributed by atoms with Crippen LogP contribution in [-0.2, 0) is 27.5 Å². The summed E-state index contributed by atoms with van der Waals surface area (Å²) < 4.78 is 11.0. The first-order valence-electron chi connectivity index (χ1n) is 11.5. The Bertz CT molecular complexity index is 645. The molecule has 0 aliphatic carbocycles. The topological polar surface area (TPSA) is 85.7 Å². The standard InChI is InChI=1S/C24H39NO5/c1-4-6-8-10-12-14-22(27)29-18-21-20(17-26)16-25-19(3)24(21)30-23(28)15-13-11-9-7-5-2/h16,26H,4-15,17-18H2,1-3H3. The molecule has 0 amide bonds. The monoisotopic (exact) mass is 421 g/mol. The molecule has 1 aromatic heterocycles. The second-order valence-electron chi connectivity index (χ2n) is 7.80. The first-order valence-corrected chi connectivity index (χ1v) is 11.5. The van der Waals surface area contributed by atoms with E-state index in [9.17, 15) is 14.7 Å². The minimum atomic E-state index is -0.324. The van der Waals surface area contributed by atoms with Gasteiger partial charge in [-0.05, 0) is 19.8 Å². The molecule has 0 spiro atoms. The molecule has 0 fully saturated rings. The molecule has 6 heteroatoms. The molecule has 0 aliphatic rings. The van der Waals surface area contributed by atoms with Gasteiger partial charge in [0, 0.05) is 30.2 Å². The molecule has 0 aromatic carbocycles. The van der Waals surface area contributed by atoms with E-state index in [1.165, 1.54) is 19.0 Å². The quantitative estimate of drug-likeness (QED) is 0.278. The number of esters is 2. The highest BCUT2D eigenvalue weighted by Gasteiger charge is 2.18. The minimum absolute atomic E-state index is 0.0356. The number of aliphatic hydroxyl groups is 1. The fourth-order valence-electron chi connectivity index (χ4n) is 3.24. The Balaban J connectivity index is 2.65. The van der Waals surface area contributed by atoms with Crippen LogP contribution in [0.3, 0.4) is 0 Å². The maximum Gasteiger partial charge on any atom is 0.311 e. The molecule has 0 saturated carbocycles. The smallest absolute Gasteiger partial charge is 0.311 e. The van der Waals surface area contributed by atoms with Gasteiger partial charge >= 0.3 is 11.9 Å². The normalized spacial score (nSPS) is 10.8. The van der Waals surface area contributed by atoms with Crippen molar-refractivity contribution in [2.45, 2.75) is 111 Å². The maximum absolute atomic E-state index is 12.3. The van der Waals surface area contributed by atoms with Crippen LogP contribution in [0.1, 0.15) is 108 Å². The number of hydrogen-bond acceptors (Lipinski definition) is 6. The lowest BCUT2D eigenvalue weighted by atomic mass is 10.1. The van der Waals surface area contributed by atoms with Gasteiger partial charge in [0.15, 0.2) is 5.75 Å². The van der Waals surface area contributed by atoms with Crippen LogP contribution < -0.4 is 4.74 Å². The van der Waals surface area contributed by atoms with Crippen molar-refractivity contribution < 1.29 is 24.2 Å². The molecule has 170 valence electrons. The molecule has 0 radical (unpaired) electrons. The Morgan fingerprint density at radius 2 is 1.47 bits per heavy atom. The van der Waals surface area contributed by atoms with E-state index in [-0.39, 0.29) is 25.2 Å². The summed E-state index contributed by atoms with van der Waals surface area (Å²) >= 11 is 0. The Labute approximate surface area is 181 Å². The zero-order valence-corrected chi connectivity index (χ0v) is 19.0. The molecule has 0 saturated heterocycles. The lowest BCUT2D eigenvalue weighted by Crippen LogP contribution is -2.14. The predicted molar refractivity (Wildman–Crippen MR) is 117 cm³/mol. The van der Waals surface area contributed by atoms with Crippen molar-refractivity contribution in [3.63, 3.8) is 0 Å². The van der Waals surface area contributed by atoms with Crippen LogP contribution in [0.5, 0.6) is 5.75 Å². The fourth-order valence-corrected chi connectivity index (χ4v) is 3.24. The van der Waals surface area contributed by atoms with Gasteiger partial charge in [0.2, 0.25) is 0 Å². The molecule has 0 aliphatic heterocycles. The number of carbonyl (C=O) groups excluding carboxylic acids is 2. The number of aryl methyl sites for hydroxylation is 1. The lowest BCUT2D eigenvalue weighted by Gasteiger charge is -2.16. The number of ether oxygens (including phenoxy) is 2. The van der Waals surface area contributed by atoms with Gasteiger partial charge in [-0.3, -0.25) is 14.6 Å². The van der Waals surface area contributed by atoms with E-state index in [2.05, 4.69) is 18.8 Å². The van der Waals surface area contributed by atoms with Gasteiger partial charge in [0.1, 0.15) is 6.61 Å². The highest BCUT2D eigenvalue weighted by Crippen LogP contribution is 2.27. The molecule has 1 heterocycles. The van der Waals surface area contributed by atoms with Crippen molar-refractivity contribution in [3.05, 3.63) is 23.0 Å². The van der Waals surface area contributed by atoms with Gasteiger partial charge in [0.25, 0.3) is 0 Å². The third-order valence-corrected chi connectivity index (χ3v) is 5.14. The Hall–Kier alpha value is -1.95. The van der Waals surface area contributed by atoms with E-state index in [0.717, 1.165) is 51.4 Å². The molecule has 1 N–H and O–H groups in total. The van der Waals surface area contributed by atoms with Crippen LogP contribution in [0, 0.1) is 6.92 Å². The van der Waals surface area contributed by atoms with E-state index < -0.39 is 0 Å². The van der Waals surface area contributed by atoms with Crippen LogP contribution in [-0.4, -0.2) is 22.0 Å². The van der Waals surface area contributed by atoms with Crippen LogP contribution >= 0.6 is 0 Å². The van der Waals surface area contributed by atoms with Gasteiger partial charge in [-0.1, -0.05) is 65.2 Å². The van der Waals surface area contributed by atoms with Crippen molar-refractivity contribution in [2.75, 3.05) is 0 Å². The fraction of sp³-hybridized carbons (Fsp3) is 0.708. The number of carbonyl (C=O) groups is 2. The number of rotatable bonds is 16. The second-order valence-corrected chi connectivity index (χ2v) is 7.80. The number of aliphatic hydroxyl groups excluding tert-OH is 1. The lowest BCUT2D eigenvalue weighted by molar-refractivity contribution is -0.145. The molecule has 6 nitrogen and oxygen atoms in total. The molecule has 0 atom stereocenters. The third kappa shape index (κ3) is 10.2. The largest absolute Gasteiger partial charge is 0.461 e. The summed E-state index contributed by atoms with van der Waals surface area (Å²) in [4.78, 5) is 28.6. The highest BCUT2D eigenvalue weighted by molar-refractivity contribution is 5.73. The molecule has 0 unspecified atom stereocenters. The molecular weight excluding hydrogens is 382 g/mol. The molecular formula is C24H39NO5. The van der Waals surface area contributed by atoms with Gasteiger partial charge in [0.05, 0.1) is 12.3 Å². The molecule has 0 bridgehead atoms. The summed E-state index contributed by atoms with van der Waals surface area (Å²) in [5.41, 5.74) is 1.56. The van der Waals surface area contributed by atoms with Gasteiger partial charge in [-0.2, -0.15) is 0 Å². The summed E-state index contributed by atoms with van der Waals surface area (Å²) in [5, 5.41) is 9.66. The van der Waals surface area contributed by atoms with Crippen LogP contribution in [0.2, 0.25) is 0 Å². The first kappa shape index (κ1) is 26.1. The SMILES string of the molecule is CCCCCCCC(=O)OCc1c(CO)cnc(C)c1OC(=O)CCCCCCC. The van der Waals surface area contributed by atoms with Crippen molar-refractivity contribution in [2.24, 2.45) is 0 Å². The van der Waals surface area contributed by atoms with Crippen molar-refractivity contribution in [3.8, 4) is 5.75 Å². The Kier molecular flexibility index (Phi) is 13.8. The molecule has 1 rings (SSSR count). The van der Waals surface area contributed by atoms with Gasteiger partial charge < -0.3 is 14.6 Å². The van der Waals surface area contributed by atoms with Gasteiger partial charge in [-0.15, -0.1) is 0 Å². The van der Waals surface area contributed by atoms with E-state index in [4.69, 9.17) is 9.47 Å². The average molecular weight is 422 g/mol. The van der Waals surface area contributed by atoms with E-state index in [0.29, 0.717) is 35.4 Å². The third-order valence-electron chi connectivity index (χ3n) is 5.14. The number of hydrogen-bond donors (Lipinski definition) is 1. The summed E-state index contributed by atoms with van der Waals surface area (Å²) in [7, 11) is 0. The van der Waals surface area contributed by atoms with E-state index >= 15 is 0 Å². The molecule has 1 aromatic rings. The van der Waals surface area contributed by atoms with Crippen LogP contribution in [0.4, 0.5) is 0 Å². The van der Waals surface area contributed by atoms with Crippen molar-refractivity contribution in [1.82, 2.24) is 4.98 Å². The number of pyridine rings is 1. The van der Waals surface area contributed by atoms with Crippen LogP contribution in [0.25, 0.3) is 0 Å². The number of unbranched alkanes of at least 4 members (excludes halogenated alkanes) is 8. The Morgan fingerprint density at radius 3 is 2.03 bits per heavy atom. The van der Waals surface area contributed by atoms with Crippen molar-refractivity contribution >= 4 is 11.9 Å². The van der Waals surface area contributed by atoms with E-state index in [1.807, 2.05) is 0 Å². The maximum atomic E-state index is 12.3. The van der Waals surface area contributed by atoms with Crippen molar-refractivity contribution in [1.29, 1.82) is 0 Å². The Morgan fingerprint density at radius 1 is 0.900 bits per heavy atom. The summed E-state index contributed by atoms with van der Waals surface area (Å²) in [6.45, 7) is 5.74. The highest BCUT2D eigenvalue weighted by atomic mass is 16.5. The number of aromatic nitrogens is 1. The van der Waals surface area contributed by atoms with Gasteiger partial charge in [-0.25, -0.2) is 0 Å². The van der Waals surface area contributed by atoms with Crippen LogP contribution in [0.15, 0.2) is 6.20 Å². The molecule has 30 heavy (non-hydrogen) atoms. The number of nitrogens with zero attached hydrogens (tertiary/aromatic N) is 1. The average Bonchev–Trinajstić information content (AvgIpc) is 2.73. The summed E-state index contributed by atoms with van der Waals surface area (Å²) in [6.07, 6.45) is 12.8. The summed E-state index contributed by atoms with van der Waals surface area (Å²) in [6, 6.07) is 0. The zero-order valence-electron chi connectivity index (χ0n) is 19.0. The van der Waals surface area contributed by atoms with E-state index in [1.54, 1.807) is 6.92 Å². The first-order chi connectivity index (χ1) is 14.5. The second kappa shape index (κ2) is 15.8. The predicted octanol–water partition coefficient (Wildman–Crippen LogP) is 5.55. The zero-order chi connectivity index (χ0) is 22.2.